The van der Waals surface area contributed by atoms with Crippen molar-refractivity contribution in [3.63, 3.8) is 0 Å². The van der Waals surface area contributed by atoms with Crippen molar-refractivity contribution in [2.24, 2.45) is 0 Å². The minimum Gasteiger partial charge on any atom is -0.473 e. The predicted molar refractivity (Wildman–Crippen MR) is 93.6 cm³/mol. The molecule has 9 heteroatoms. The lowest BCUT2D eigenvalue weighted by Crippen LogP contribution is -2.42. The molecule has 0 saturated heterocycles. The predicted octanol–water partition coefficient (Wildman–Crippen LogP) is 1.62. The van der Waals surface area contributed by atoms with Gasteiger partial charge in [-0.15, -0.1) is 16.8 Å². The number of ether oxygens (including phenoxy) is 1. The molecule has 0 saturated carbocycles. The van der Waals surface area contributed by atoms with Crippen molar-refractivity contribution in [1.29, 1.82) is 0 Å². The number of nitrogens with one attached hydrogen (secondary N) is 2. The summed E-state index contributed by atoms with van der Waals surface area (Å²) in [6.45, 7) is 12.1. The fourth-order valence-corrected chi connectivity index (χ4v) is 1.97. The van der Waals surface area contributed by atoms with Gasteiger partial charge in [-0.2, -0.15) is 4.37 Å². The molecule has 0 aromatic carbocycles. The van der Waals surface area contributed by atoms with Gasteiger partial charge in [0, 0.05) is 17.6 Å². The van der Waals surface area contributed by atoms with Crippen LogP contribution in [0, 0.1) is 0 Å². The zero-order chi connectivity index (χ0) is 17.0. The van der Waals surface area contributed by atoms with Gasteiger partial charge in [-0.05, 0) is 41.5 Å². The standard InChI is InChI=1S/C14H26N4O3S.ClH/c1-13(2,3)15-7-9(19)8-21-12-10(17-22-18-12)11(20)16-14(4,5)6;/h9,15,19H,7-8H2,1-6H3,(H,16,20);1H. The third kappa shape index (κ3) is 9.04. The molecule has 1 atom stereocenters. The Hall–Kier alpha value is -0.960. The minimum atomic E-state index is -0.695. The van der Waals surface area contributed by atoms with Gasteiger partial charge in [-0.25, -0.2) is 0 Å². The van der Waals surface area contributed by atoms with Crippen molar-refractivity contribution >= 4 is 30.0 Å². The summed E-state index contributed by atoms with van der Waals surface area (Å²) in [4.78, 5) is 12.1. The molecule has 23 heavy (non-hydrogen) atoms. The first-order valence-electron chi connectivity index (χ1n) is 7.19. The van der Waals surface area contributed by atoms with Gasteiger partial charge in [0.1, 0.15) is 12.7 Å². The SMILES string of the molecule is CC(C)(C)NCC(O)COc1nsnc1C(=O)NC(C)(C)C.Cl. The van der Waals surface area contributed by atoms with E-state index in [0.29, 0.717) is 6.54 Å². The van der Waals surface area contributed by atoms with Crippen LogP contribution in [0.25, 0.3) is 0 Å². The van der Waals surface area contributed by atoms with Crippen molar-refractivity contribution in [2.45, 2.75) is 58.7 Å². The third-order valence-corrected chi connectivity index (χ3v) is 2.95. The normalized spacial score (nSPS) is 13.2. The number of nitrogens with zero attached hydrogens (tertiary/aromatic N) is 2. The summed E-state index contributed by atoms with van der Waals surface area (Å²) in [6, 6.07) is 0. The van der Waals surface area contributed by atoms with Gasteiger partial charge in [0.25, 0.3) is 11.8 Å². The number of aromatic nitrogens is 2. The van der Waals surface area contributed by atoms with Gasteiger partial charge < -0.3 is 20.5 Å². The van der Waals surface area contributed by atoms with Crippen LogP contribution in [0.4, 0.5) is 0 Å². The second kappa shape index (κ2) is 8.77. The molecule has 1 rings (SSSR count). The summed E-state index contributed by atoms with van der Waals surface area (Å²) < 4.78 is 13.3. The molecule has 7 nitrogen and oxygen atoms in total. The molecule has 3 N–H and O–H groups in total. The number of aliphatic hydroxyl groups excluding tert-OH is 1. The summed E-state index contributed by atoms with van der Waals surface area (Å²) >= 11 is 0.907. The van der Waals surface area contributed by atoms with Gasteiger partial charge in [0.15, 0.2) is 0 Å². The second-order valence-corrected chi connectivity index (χ2v) is 7.75. The molecule has 0 spiro atoms. The van der Waals surface area contributed by atoms with Crippen LogP contribution in [0.2, 0.25) is 0 Å². The Morgan fingerprint density at radius 1 is 1.22 bits per heavy atom. The van der Waals surface area contributed by atoms with Crippen LogP contribution in [0.5, 0.6) is 5.88 Å². The summed E-state index contributed by atoms with van der Waals surface area (Å²) in [5.41, 5.74) is -0.300. The maximum Gasteiger partial charge on any atom is 0.277 e. The maximum atomic E-state index is 12.1. The summed E-state index contributed by atoms with van der Waals surface area (Å²) in [5.74, 6) is -0.180. The van der Waals surface area contributed by atoms with E-state index >= 15 is 0 Å². The lowest BCUT2D eigenvalue weighted by atomic mass is 10.1. The average Bonchev–Trinajstić information content (AvgIpc) is 2.79. The molecule has 1 unspecified atom stereocenters. The molecule has 1 heterocycles. The van der Waals surface area contributed by atoms with Crippen molar-refractivity contribution in [3.05, 3.63) is 5.69 Å². The molecule has 1 amide bonds. The van der Waals surface area contributed by atoms with Crippen LogP contribution in [-0.4, -0.2) is 50.1 Å². The molecule has 0 bridgehead atoms. The van der Waals surface area contributed by atoms with E-state index in [0.717, 1.165) is 11.7 Å². The number of halogens is 1. The highest BCUT2D eigenvalue weighted by Gasteiger charge is 2.23. The van der Waals surface area contributed by atoms with E-state index in [1.165, 1.54) is 0 Å². The smallest absolute Gasteiger partial charge is 0.277 e. The van der Waals surface area contributed by atoms with Crippen LogP contribution in [0.3, 0.4) is 0 Å². The lowest BCUT2D eigenvalue weighted by molar-refractivity contribution is 0.0877. The zero-order valence-corrected chi connectivity index (χ0v) is 16.1. The molecule has 0 aliphatic rings. The van der Waals surface area contributed by atoms with E-state index < -0.39 is 6.10 Å². The zero-order valence-electron chi connectivity index (χ0n) is 14.5. The van der Waals surface area contributed by atoms with E-state index in [2.05, 4.69) is 19.4 Å². The van der Waals surface area contributed by atoms with Gasteiger partial charge in [-0.3, -0.25) is 4.79 Å². The van der Waals surface area contributed by atoms with E-state index in [9.17, 15) is 9.90 Å². The number of hydrogen-bond donors (Lipinski definition) is 3. The Balaban J connectivity index is 0.00000484. The Labute approximate surface area is 147 Å². The first kappa shape index (κ1) is 22.0. The van der Waals surface area contributed by atoms with Crippen LogP contribution >= 0.6 is 24.1 Å². The van der Waals surface area contributed by atoms with E-state index in [1.54, 1.807) is 0 Å². The largest absolute Gasteiger partial charge is 0.473 e. The van der Waals surface area contributed by atoms with Crippen LogP contribution < -0.4 is 15.4 Å². The maximum absolute atomic E-state index is 12.1. The van der Waals surface area contributed by atoms with Crippen LogP contribution in [0.1, 0.15) is 52.0 Å². The van der Waals surface area contributed by atoms with Gasteiger partial charge in [0.05, 0.1) is 11.7 Å². The quantitative estimate of drug-likeness (QED) is 0.707. The lowest BCUT2D eigenvalue weighted by Gasteiger charge is -2.22. The Bertz CT molecular complexity index is 497. The molecule has 0 radical (unpaired) electrons. The minimum absolute atomic E-state index is 0. The Kier molecular flexibility index (Phi) is 8.40. The van der Waals surface area contributed by atoms with Gasteiger partial charge in [-0.1, -0.05) is 0 Å². The van der Waals surface area contributed by atoms with E-state index in [4.69, 9.17) is 4.74 Å². The van der Waals surface area contributed by atoms with Crippen molar-refractivity contribution < 1.29 is 14.6 Å². The van der Waals surface area contributed by atoms with Crippen LogP contribution in [0.15, 0.2) is 0 Å². The van der Waals surface area contributed by atoms with Crippen LogP contribution in [-0.2, 0) is 0 Å². The van der Waals surface area contributed by atoms with Gasteiger partial charge in [0.2, 0.25) is 5.69 Å². The van der Waals surface area contributed by atoms with Gasteiger partial charge >= 0.3 is 0 Å². The van der Waals surface area contributed by atoms with Crippen molar-refractivity contribution in [1.82, 2.24) is 19.4 Å². The first-order valence-corrected chi connectivity index (χ1v) is 7.92. The highest BCUT2D eigenvalue weighted by atomic mass is 35.5. The highest BCUT2D eigenvalue weighted by molar-refractivity contribution is 6.99. The number of carbonyl (C=O) groups is 1. The molecule has 0 aliphatic heterocycles. The van der Waals surface area contributed by atoms with Crippen molar-refractivity contribution in [2.75, 3.05) is 13.2 Å². The monoisotopic (exact) mass is 366 g/mol. The van der Waals surface area contributed by atoms with E-state index in [-0.39, 0.29) is 47.6 Å². The molecular weight excluding hydrogens is 340 g/mol. The fraction of sp³-hybridized carbons (Fsp3) is 0.786. The second-order valence-electron chi connectivity index (χ2n) is 7.22. The summed E-state index contributed by atoms with van der Waals surface area (Å²) in [5, 5.41) is 15.9. The molecular formula is C14H27ClN4O3S. The summed E-state index contributed by atoms with van der Waals surface area (Å²) in [7, 11) is 0. The number of rotatable bonds is 6. The number of amides is 1. The summed E-state index contributed by atoms with van der Waals surface area (Å²) in [6.07, 6.45) is -0.695. The average molecular weight is 367 g/mol. The highest BCUT2D eigenvalue weighted by Crippen LogP contribution is 2.16. The number of hydrogen-bond acceptors (Lipinski definition) is 7. The number of aliphatic hydroxyl groups is 1. The Morgan fingerprint density at radius 2 is 1.83 bits per heavy atom. The molecule has 0 fully saturated rings. The number of carbonyl (C=O) groups excluding carboxylic acids is 1. The topological polar surface area (TPSA) is 96.4 Å². The molecule has 134 valence electrons. The third-order valence-electron chi connectivity index (χ3n) is 2.44. The molecule has 0 aliphatic carbocycles. The van der Waals surface area contributed by atoms with E-state index in [1.807, 2.05) is 41.5 Å². The Morgan fingerprint density at radius 3 is 2.35 bits per heavy atom. The fourth-order valence-electron chi connectivity index (χ4n) is 1.47. The molecule has 1 aromatic heterocycles. The first-order chi connectivity index (χ1) is 9.98. The number of β-amino-alcohol motifs (C(OH)–C–C–N with tert-alkyl or cyclic N) is 1. The van der Waals surface area contributed by atoms with Crippen molar-refractivity contribution in [3.8, 4) is 5.88 Å². The molecule has 1 aromatic rings.